The summed E-state index contributed by atoms with van der Waals surface area (Å²) in [6, 6.07) is 25.5. The lowest BCUT2D eigenvalue weighted by atomic mass is 9.53. The minimum Gasteiger partial charge on any atom is -0.497 e. The molecular formula is C44H51N3O9. The molecule has 0 radical (unpaired) electrons. The van der Waals surface area contributed by atoms with Crippen LogP contribution in [-0.4, -0.2) is 96.3 Å². The molecule has 2 bridgehead atoms. The van der Waals surface area contributed by atoms with Crippen LogP contribution in [0.2, 0.25) is 0 Å². The molecule has 6 atom stereocenters. The third-order valence-electron chi connectivity index (χ3n) is 14.1. The average molecular weight is 766 g/mol. The maximum absolute atomic E-state index is 12.6. The molecule has 0 spiro atoms. The van der Waals surface area contributed by atoms with Crippen molar-refractivity contribution < 1.29 is 43.5 Å². The monoisotopic (exact) mass is 765 g/mol. The highest BCUT2D eigenvalue weighted by Gasteiger charge is 2.84. The first kappa shape index (κ1) is 37.1. The van der Waals surface area contributed by atoms with Crippen molar-refractivity contribution in [3.8, 4) is 11.5 Å². The topological polar surface area (TPSA) is 139 Å². The van der Waals surface area contributed by atoms with Crippen molar-refractivity contribution in [1.82, 2.24) is 15.1 Å². The Morgan fingerprint density at radius 3 is 2.05 bits per heavy atom. The summed E-state index contributed by atoms with van der Waals surface area (Å²) in [5.41, 5.74) is -0.170. The molecule has 2 saturated heterocycles. The molecule has 12 heteroatoms. The summed E-state index contributed by atoms with van der Waals surface area (Å²) in [4.78, 5) is 28.9. The molecule has 3 aliphatic heterocycles. The number of benzene rings is 3. The lowest BCUT2D eigenvalue weighted by molar-refractivity contribution is -0.366. The van der Waals surface area contributed by atoms with Crippen LogP contribution in [0.5, 0.6) is 11.5 Å². The van der Waals surface area contributed by atoms with Crippen molar-refractivity contribution in [3.05, 3.63) is 107 Å². The van der Waals surface area contributed by atoms with E-state index in [1.165, 1.54) is 7.11 Å². The molecule has 12 nitrogen and oxygen atoms in total. The van der Waals surface area contributed by atoms with Gasteiger partial charge in [-0.15, -0.1) is 0 Å². The number of fused-ring (bicyclic) bond motifs is 2. The summed E-state index contributed by atoms with van der Waals surface area (Å²) in [5, 5.41) is 26.6. The van der Waals surface area contributed by atoms with Crippen LogP contribution in [-0.2, 0) is 29.4 Å². The highest BCUT2D eigenvalue weighted by molar-refractivity contribution is 5.93. The molecule has 4 unspecified atom stereocenters. The summed E-state index contributed by atoms with van der Waals surface area (Å²) in [5.74, 6) is 0.582. The summed E-state index contributed by atoms with van der Waals surface area (Å²) >= 11 is 0. The molecule has 1 amide bonds. The molecule has 0 aromatic heterocycles. The van der Waals surface area contributed by atoms with E-state index in [9.17, 15) is 19.8 Å². The van der Waals surface area contributed by atoms with Crippen molar-refractivity contribution >= 4 is 11.9 Å². The van der Waals surface area contributed by atoms with Crippen LogP contribution in [0.3, 0.4) is 0 Å². The highest BCUT2D eigenvalue weighted by Crippen LogP contribution is 2.71. The fourth-order valence-corrected chi connectivity index (χ4v) is 11.4. The number of ether oxygens (including phenoxy) is 5. The fraction of sp³-hybridized carbons (Fsp3) is 0.500. The molecule has 3 aromatic carbocycles. The number of esters is 1. The number of hydrogen-bond donors (Lipinski definition) is 3. The molecule has 9 rings (SSSR count). The summed E-state index contributed by atoms with van der Waals surface area (Å²) in [6.45, 7) is 2.48. The van der Waals surface area contributed by atoms with Gasteiger partial charge in [0, 0.05) is 24.7 Å². The van der Waals surface area contributed by atoms with Crippen LogP contribution >= 0.6 is 0 Å². The molecule has 296 valence electrons. The van der Waals surface area contributed by atoms with Gasteiger partial charge in [-0.2, -0.15) is 0 Å². The van der Waals surface area contributed by atoms with Gasteiger partial charge >= 0.3 is 5.97 Å². The Hall–Kier alpha value is -4.46. The number of aliphatic hydroxyl groups is 2. The van der Waals surface area contributed by atoms with Crippen LogP contribution in [0.25, 0.3) is 0 Å². The van der Waals surface area contributed by atoms with Crippen molar-refractivity contribution in [2.45, 2.75) is 87.4 Å². The van der Waals surface area contributed by atoms with Crippen LogP contribution in [0.4, 0.5) is 0 Å². The maximum atomic E-state index is 12.6. The van der Waals surface area contributed by atoms with E-state index in [-0.39, 0.29) is 41.3 Å². The molecular weight excluding hydrogens is 714 g/mol. The number of carbonyl (C=O) groups is 2. The third kappa shape index (κ3) is 5.51. The van der Waals surface area contributed by atoms with E-state index >= 15 is 0 Å². The Bertz CT molecular complexity index is 1970. The van der Waals surface area contributed by atoms with Gasteiger partial charge in [0.15, 0.2) is 0 Å². The number of rotatable bonds is 13. The normalized spacial score (nSPS) is 34.2. The number of amides is 1. The van der Waals surface area contributed by atoms with Crippen molar-refractivity contribution in [2.24, 2.45) is 16.7 Å². The number of hydrogen-bond acceptors (Lipinski definition) is 11. The summed E-state index contributed by atoms with van der Waals surface area (Å²) in [6.07, 6.45) is 5.14. The van der Waals surface area contributed by atoms with Crippen LogP contribution in [0.15, 0.2) is 90.6 Å². The van der Waals surface area contributed by atoms with Gasteiger partial charge in [0.05, 0.1) is 46.3 Å². The fourth-order valence-electron chi connectivity index (χ4n) is 11.4. The lowest BCUT2D eigenvalue weighted by Gasteiger charge is -2.71. The van der Waals surface area contributed by atoms with Gasteiger partial charge in [-0.25, -0.2) is 0 Å². The van der Waals surface area contributed by atoms with Crippen LogP contribution in [0.1, 0.15) is 68.6 Å². The van der Waals surface area contributed by atoms with Gasteiger partial charge in [0.2, 0.25) is 6.35 Å². The van der Waals surface area contributed by atoms with Crippen LogP contribution < -0.4 is 14.8 Å². The SMILES string of the molecule is COC(=O)CC12CCC(CN3C4C5C3(O)C[C@]5(COC(c3ccccc3)(c3ccc(OC)cc3)c3ccc(OC)cc3)O[C@H]4N3C=C(C)C(=O)NC3O)(CC1)C2. The summed E-state index contributed by atoms with van der Waals surface area (Å²) < 4.78 is 30.7. The smallest absolute Gasteiger partial charge is 0.306 e. The van der Waals surface area contributed by atoms with Gasteiger partial charge in [-0.05, 0) is 90.8 Å². The van der Waals surface area contributed by atoms with E-state index in [0.29, 0.717) is 25.0 Å². The van der Waals surface area contributed by atoms with Gasteiger partial charge < -0.3 is 44.1 Å². The molecule has 3 N–H and O–H groups in total. The highest BCUT2D eigenvalue weighted by atomic mass is 16.6. The Morgan fingerprint density at radius 2 is 1.46 bits per heavy atom. The maximum Gasteiger partial charge on any atom is 0.306 e. The molecule has 56 heavy (non-hydrogen) atoms. The second kappa shape index (κ2) is 13.3. The largest absolute Gasteiger partial charge is 0.497 e. The van der Waals surface area contributed by atoms with E-state index < -0.39 is 29.5 Å². The Labute approximate surface area is 327 Å². The number of nitrogens with zero attached hydrogens (tertiary/aromatic N) is 2. The zero-order valence-electron chi connectivity index (χ0n) is 32.4. The number of piperidine rings is 1. The number of likely N-dealkylation sites (tertiary alicyclic amines) is 1. The Balaban J connectivity index is 1.08. The van der Waals surface area contributed by atoms with E-state index in [4.69, 9.17) is 23.7 Å². The molecule has 3 aliphatic carbocycles. The first-order chi connectivity index (χ1) is 26.9. The van der Waals surface area contributed by atoms with E-state index in [0.717, 1.165) is 60.3 Å². The van der Waals surface area contributed by atoms with Crippen LogP contribution in [0, 0.1) is 16.7 Å². The molecule has 3 aromatic rings. The van der Waals surface area contributed by atoms with Gasteiger partial charge in [0.1, 0.15) is 34.7 Å². The number of nitrogens with one attached hydrogen (secondary N) is 1. The minimum atomic E-state index is -1.31. The number of methoxy groups -OCH3 is 3. The zero-order chi connectivity index (χ0) is 39.1. The van der Waals surface area contributed by atoms with E-state index in [1.807, 2.05) is 66.7 Å². The zero-order valence-corrected chi connectivity index (χ0v) is 32.4. The van der Waals surface area contributed by atoms with Gasteiger partial charge in [-0.1, -0.05) is 54.6 Å². The second-order valence-corrected chi connectivity index (χ2v) is 17.1. The van der Waals surface area contributed by atoms with Crippen molar-refractivity contribution in [1.29, 1.82) is 0 Å². The molecule has 6 aliphatic rings. The van der Waals surface area contributed by atoms with E-state index in [1.54, 1.807) is 32.2 Å². The van der Waals surface area contributed by atoms with Gasteiger partial charge in [0.25, 0.3) is 5.91 Å². The third-order valence-corrected chi connectivity index (χ3v) is 14.1. The lowest BCUT2D eigenvalue weighted by Crippen LogP contribution is -2.87. The molecule has 5 fully saturated rings. The predicted molar refractivity (Wildman–Crippen MR) is 204 cm³/mol. The Morgan fingerprint density at radius 1 is 0.875 bits per heavy atom. The van der Waals surface area contributed by atoms with E-state index in [2.05, 4.69) is 22.3 Å². The second-order valence-electron chi connectivity index (χ2n) is 17.1. The first-order valence-corrected chi connectivity index (χ1v) is 19.6. The van der Waals surface area contributed by atoms with Gasteiger partial charge in [-0.3, -0.25) is 14.5 Å². The van der Waals surface area contributed by atoms with Crippen molar-refractivity contribution in [3.63, 3.8) is 0 Å². The predicted octanol–water partition coefficient (Wildman–Crippen LogP) is 4.63. The molecule has 3 saturated carbocycles. The number of aliphatic hydroxyl groups excluding tert-OH is 1. The number of carbonyl (C=O) groups excluding carboxylic acids is 2. The average Bonchev–Trinajstić information content (AvgIpc) is 3.82. The minimum absolute atomic E-state index is 0.0533. The molecule has 3 heterocycles. The quantitative estimate of drug-likeness (QED) is 0.166. The summed E-state index contributed by atoms with van der Waals surface area (Å²) in [7, 11) is 4.73. The Kier molecular flexibility index (Phi) is 8.83. The first-order valence-electron chi connectivity index (χ1n) is 19.6. The standard InChI is InChI=1S/C44H51N3O9/c1-28-23-46(39(50)45-37(28)49)38-35-36-42(56-38,25-43(36,51)47(35)26-41-20-18-40(24-41,19-21-41)22-34(48)54-4)27-55-44(29-8-6-5-7-9-29,30-10-14-32(52-2)15-11-30)31-12-16-33(53-3)17-13-31/h5-17,23,35-36,38-39,50-51H,18-22,24-27H2,1-4H3,(H,45,49)/t35?,36?,38-,39?,40?,41?,42-,43?/m1/s1. The van der Waals surface area contributed by atoms with Crippen molar-refractivity contribution in [2.75, 3.05) is 34.5 Å².